The number of carbonyl (C=O) groups excluding carboxylic acids is 1. The number of hydrogen-bond acceptors (Lipinski definition) is 4. The second kappa shape index (κ2) is 6.57. The van der Waals surface area contributed by atoms with E-state index in [1.807, 2.05) is 6.26 Å². The molecule has 0 aliphatic heterocycles. The van der Waals surface area contributed by atoms with Crippen molar-refractivity contribution in [2.75, 3.05) is 12.0 Å². The maximum absolute atomic E-state index is 10.3. The predicted octanol–water partition coefficient (Wildman–Crippen LogP) is 0.555. The van der Waals surface area contributed by atoms with Gasteiger partial charge in [0.25, 0.3) is 0 Å². The Morgan fingerprint density at radius 2 is 2.00 bits per heavy atom. The Kier molecular flexibility index (Phi) is 7.99. The minimum absolute atomic E-state index is 0. The Labute approximate surface area is 63.6 Å². The normalized spacial score (nSPS) is 8.10. The van der Waals surface area contributed by atoms with E-state index in [2.05, 4.69) is 0 Å². The molecule has 5 heteroatoms. The summed E-state index contributed by atoms with van der Waals surface area (Å²) < 4.78 is 0. The molecule has 0 saturated carbocycles. The third-order valence-electron chi connectivity index (χ3n) is 0.772. The van der Waals surface area contributed by atoms with Crippen molar-refractivity contribution in [2.45, 2.75) is 6.42 Å². The van der Waals surface area contributed by atoms with Crippen LogP contribution < -0.4 is 6.15 Å². The third kappa shape index (κ3) is 5.58. The molecule has 0 amide bonds. The van der Waals surface area contributed by atoms with Crippen LogP contribution >= 0.6 is 11.8 Å². The van der Waals surface area contributed by atoms with Crippen molar-refractivity contribution in [3.63, 3.8) is 0 Å². The lowest BCUT2D eigenvalue weighted by Gasteiger charge is -1.89. The molecule has 0 saturated heterocycles. The molecule has 0 aliphatic rings. The summed E-state index contributed by atoms with van der Waals surface area (Å²) in [5.74, 6) is -1.45. The van der Waals surface area contributed by atoms with Gasteiger partial charge in [-0.2, -0.15) is 11.8 Å². The fraction of sp³-hybridized carbons (Fsp3) is 0.600. The smallest absolute Gasteiger partial charge is 0.372 e. The van der Waals surface area contributed by atoms with Crippen molar-refractivity contribution in [1.82, 2.24) is 6.15 Å². The van der Waals surface area contributed by atoms with Crippen LogP contribution in [0.1, 0.15) is 6.42 Å². The lowest BCUT2D eigenvalue weighted by atomic mass is 10.3. The molecule has 0 heterocycles. The number of aliphatic carboxylic acids is 1. The summed E-state index contributed by atoms with van der Waals surface area (Å²) in [6, 6.07) is 0. The van der Waals surface area contributed by atoms with E-state index in [1.54, 1.807) is 0 Å². The number of rotatable bonds is 4. The van der Waals surface area contributed by atoms with Gasteiger partial charge >= 0.3 is 5.97 Å². The van der Waals surface area contributed by atoms with E-state index in [4.69, 9.17) is 5.11 Å². The molecule has 0 bridgehead atoms. The number of carboxylic acids is 1. The largest absolute Gasteiger partial charge is 0.476 e. The van der Waals surface area contributed by atoms with E-state index in [1.165, 1.54) is 11.8 Å². The third-order valence-corrected chi connectivity index (χ3v) is 1.38. The lowest BCUT2D eigenvalue weighted by Crippen LogP contribution is -2.12. The van der Waals surface area contributed by atoms with Crippen LogP contribution in [0.4, 0.5) is 0 Å². The van der Waals surface area contributed by atoms with Gasteiger partial charge in [0, 0.05) is 12.2 Å². The van der Waals surface area contributed by atoms with Gasteiger partial charge in [-0.15, -0.1) is 0 Å². The Bertz CT molecular complexity index is 126. The van der Waals surface area contributed by atoms with Gasteiger partial charge in [-0.05, 0) is 6.26 Å². The molecule has 0 aromatic rings. The molecule has 0 fully saturated rings. The predicted molar refractivity (Wildman–Crippen MR) is 40.7 cm³/mol. The Morgan fingerprint density at radius 3 is 2.30 bits per heavy atom. The molecule has 0 unspecified atom stereocenters. The SMILES string of the molecule is CSCCC(=O)C(=O)O.N. The highest BCUT2D eigenvalue weighted by molar-refractivity contribution is 7.98. The minimum Gasteiger partial charge on any atom is -0.476 e. The number of carboxylic acid groups (broad SMARTS) is 1. The first-order chi connectivity index (χ1) is 4.18. The van der Waals surface area contributed by atoms with Crippen molar-refractivity contribution in [3.8, 4) is 0 Å². The van der Waals surface area contributed by atoms with Crippen LogP contribution in [-0.2, 0) is 9.59 Å². The highest BCUT2D eigenvalue weighted by atomic mass is 32.2. The zero-order valence-corrected chi connectivity index (χ0v) is 6.61. The van der Waals surface area contributed by atoms with Gasteiger partial charge in [-0.1, -0.05) is 0 Å². The van der Waals surface area contributed by atoms with E-state index in [0.29, 0.717) is 5.75 Å². The Balaban J connectivity index is 0. The van der Waals surface area contributed by atoms with Gasteiger partial charge in [0.1, 0.15) is 0 Å². The summed E-state index contributed by atoms with van der Waals surface area (Å²) in [6.07, 6.45) is 1.96. The molecule has 0 atom stereocenters. The first-order valence-corrected chi connectivity index (χ1v) is 3.83. The molecule has 0 aliphatic carbocycles. The van der Waals surface area contributed by atoms with E-state index in [-0.39, 0.29) is 12.6 Å². The fourth-order valence-corrected chi connectivity index (χ4v) is 0.691. The van der Waals surface area contributed by atoms with Crippen molar-refractivity contribution >= 4 is 23.5 Å². The molecule has 4 N–H and O–H groups in total. The van der Waals surface area contributed by atoms with Crippen molar-refractivity contribution in [2.24, 2.45) is 0 Å². The van der Waals surface area contributed by atoms with Gasteiger partial charge in [0.2, 0.25) is 5.78 Å². The van der Waals surface area contributed by atoms with Crippen LogP contribution in [0.2, 0.25) is 0 Å². The summed E-state index contributed by atoms with van der Waals surface area (Å²) in [4.78, 5) is 20.1. The topological polar surface area (TPSA) is 89.4 Å². The van der Waals surface area contributed by atoms with E-state index >= 15 is 0 Å². The van der Waals surface area contributed by atoms with Crippen LogP contribution in [0.3, 0.4) is 0 Å². The first-order valence-electron chi connectivity index (χ1n) is 2.43. The van der Waals surface area contributed by atoms with Gasteiger partial charge < -0.3 is 11.3 Å². The number of thioether (sulfide) groups is 1. The fourth-order valence-electron chi connectivity index (χ4n) is 0.302. The number of ketones is 1. The second-order valence-electron chi connectivity index (χ2n) is 1.47. The molecule has 60 valence electrons. The second-order valence-corrected chi connectivity index (χ2v) is 2.46. The highest BCUT2D eigenvalue weighted by Crippen LogP contribution is 1.95. The molecule has 0 rings (SSSR count). The van der Waals surface area contributed by atoms with Crippen molar-refractivity contribution in [3.05, 3.63) is 0 Å². The molecule has 0 radical (unpaired) electrons. The molecule has 0 aromatic heterocycles. The van der Waals surface area contributed by atoms with Gasteiger partial charge in [0.05, 0.1) is 0 Å². The summed E-state index contributed by atoms with van der Waals surface area (Å²) in [6.45, 7) is 0. The minimum atomic E-state index is -1.33. The number of hydrogen-bond donors (Lipinski definition) is 2. The van der Waals surface area contributed by atoms with Crippen LogP contribution in [0, 0.1) is 0 Å². The van der Waals surface area contributed by atoms with Gasteiger partial charge in [-0.3, -0.25) is 4.79 Å². The Morgan fingerprint density at radius 1 is 1.50 bits per heavy atom. The molecule has 0 aromatic carbocycles. The maximum atomic E-state index is 10.3. The van der Waals surface area contributed by atoms with E-state index in [0.717, 1.165) is 0 Å². The van der Waals surface area contributed by atoms with E-state index in [9.17, 15) is 9.59 Å². The maximum Gasteiger partial charge on any atom is 0.372 e. The highest BCUT2D eigenvalue weighted by Gasteiger charge is 2.08. The zero-order chi connectivity index (χ0) is 7.28. The standard InChI is InChI=1S/C5H8O3S.H3N/c1-9-3-2-4(6)5(7)8;/h2-3H2,1H3,(H,7,8);1H3. The van der Waals surface area contributed by atoms with Crippen molar-refractivity contribution in [1.29, 1.82) is 0 Å². The Hall–Kier alpha value is -0.550. The zero-order valence-electron chi connectivity index (χ0n) is 5.79. The summed E-state index contributed by atoms with van der Waals surface area (Å²) in [5.41, 5.74) is 0. The molecular weight excluding hydrogens is 154 g/mol. The van der Waals surface area contributed by atoms with Crippen LogP contribution in [0.25, 0.3) is 0 Å². The lowest BCUT2D eigenvalue weighted by molar-refractivity contribution is -0.148. The van der Waals surface area contributed by atoms with E-state index < -0.39 is 11.8 Å². The quantitative estimate of drug-likeness (QED) is 0.594. The molecule has 4 nitrogen and oxygen atoms in total. The average molecular weight is 165 g/mol. The summed E-state index contributed by atoms with van der Waals surface area (Å²) >= 11 is 1.46. The molecular formula is C5H11NO3S. The first kappa shape index (κ1) is 12.2. The van der Waals surface area contributed by atoms with Crippen molar-refractivity contribution < 1.29 is 14.7 Å². The van der Waals surface area contributed by atoms with Crippen LogP contribution in [-0.4, -0.2) is 28.9 Å². The average Bonchev–Trinajstić information content (AvgIpc) is 1.82. The van der Waals surface area contributed by atoms with Gasteiger partial charge in [0.15, 0.2) is 0 Å². The molecule has 10 heavy (non-hydrogen) atoms. The number of carbonyl (C=O) groups is 2. The molecule has 0 spiro atoms. The number of Topliss-reactive ketones (excluding diaryl/α,β-unsaturated/α-hetero) is 1. The van der Waals surface area contributed by atoms with Crippen LogP contribution in [0.15, 0.2) is 0 Å². The summed E-state index contributed by atoms with van der Waals surface area (Å²) in [7, 11) is 0. The monoisotopic (exact) mass is 165 g/mol. The van der Waals surface area contributed by atoms with Gasteiger partial charge in [-0.25, -0.2) is 4.79 Å². The summed E-state index contributed by atoms with van der Waals surface area (Å²) in [5, 5.41) is 8.05. The van der Waals surface area contributed by atoms with Crippen LogP contribution in [0.5, 0.6) is 0 Å².